The third kappa shape index (κ3) is 2.65. The maximum absolute atomic E-state index is 13.2. The van der Waals surface area contributed by atoms with Crippen LogP contribution in [-0.4, -0.2) is 16.3 Å². The summed E-state index contributed by atoms with van der Waals surface area (Å²) in [5.41, 5.74) is 4.47. The van der Waals surface area contributed by atoms with Gasteiger partial charge in [-0.25, -0.2) is 9.07 Å². The van der Waals surface area contributed by atoms with Crippen molar-refractivity contribution in [1.29, 1.82) is 0 Å². The zero-order valence-corrected chi connectivity index (χ0v) is 13.8. The van der Waals surface area contributed by atoms with Crippen LogP contribution in [0, 0.1) is 12.7 Å². The smallest absolute Gasteiger partial charge is 0.133 e. The third-order valence-corrected chi connectivity index (χ3v) is 5.22. The molecule has 0 saturated heterocycles. The van der Waals surface area contributed by atoms with E-state index in [1.54, 1.807) is 23.5 Å². The summed E-state index contributed by atoms with van der Waals surface area (Å²) in [6.07, 6.45) is 3.34. The fourth-order valence-electron chi connectivity index (χ4n) is 3.02. The molecule has 0 radical (unpaired) electrons. The van der Waals surface area contributed by atoms with Crippen LogP contribution in [0.15, 0.2) is 35.7 Å². The lowest BCUT2D eigenvalue weighted by molar-refractivity contribution is 0.627. The highest BCUT2D eigenvalue weighted by atomic mass is 32.1. The summed E-state index contributed by atoms with van der Waals surface area (Å²) in [7, 11) is 0. The summed E-state index contributed by atoms with van der Waals surface area (Å²) in [5, 5.41) is 10.5. The molecule has 0 amide bonds. The van der Waals surface area contributed by atoms with Crippen molar-refractivity contribution in [1.82, 2.24) is 9.78 Å². The van der Waals surface area contributed by atoms with E-state index in [9.17, 15) is 4.39 Å². The molecule has 3 nitrogen and oxygen atoms in total. The largest absolute Gasteiger partial charge is 0.370 e. The van der Waals surface area contributed by atoms with Gasteiger partial charge in [-0.1, -0.05) is 0 Å². The van der Waals surface area contributed by atoms with Crippen molar-refractivity contribution < 1.29 is 4.39 Å². The predicted molar refractivity (Wildman–Crippen MR) is 93.0 cm³/mol. The average molecular weight is 327 g/mol. The molecule has 1 aliphatic rings. The van der Waals surface area contributed by atoms with Gasteiger partial charge >= 0.3 is 0 Å². The lowest BCUT2D eigenvalue weighted by Crippen LogP contribution is -2.07. The van der Waals surface area contributed by atoms with Gasteiger partial charge in [0.05, 0.1) is 10.6 Å². The van der Waals surface area contributed by atoms with Gasteiger partial charge in [-0.2, -0.15) is 5.10 Å². The summed E-state index contributed by atoms with van der Waals surface area (Å²) in [5.74, 6) is 0.823. The minimum absolute atomic E-state index is 0.228. The Balaban J connectivity index is 1.89. The number of thiophene rings is 1. The molecular formula is C18H18FN3S. The molecule has 2 aromatic heterocycles. The molecule has 4 rings (SSSR count). The highest BCUT2D eigenvalue weighted by Gasteiger charge is 2.22. The van der Waals surface area contributed by atoms with Crippen LogP contribution in [0.3, 0.4) is 0 Å². The fraction of sp³-hybridized carbons (Fsp3) is 0.278. The van der Waals surface area contributed by atoms with Gasteiger partial charge in [0.1, 0.15) is 17.3 Å². The number of nitrogens with zero attached hydrogens (tertiary/aromatic N) is 2. The highest BCUT2D eigenvalue weighted by Crippen LogP contribution is 2.36. The Morgan fingerprint density at radius 2 is 2.04 bits per heavy atom. The van der Waals surface area contributed by atoms with E-state index in [4.69, 9.17) is 5.10 Å². The fourth-order valence-corrected chi connectivity index (χ4v) is 3.94. The number of anilines is 1. The van der Waals surface area contributed by atoms with Gasteiger partial charge in [0.2, 0.25) is 0 Å². The van der Waals surface area contributed by atoms with E-state index < -0.39 is 0 Å². The van der Waals surface area contributed by atoms with Crippen LogP contribution in [0.1, 0.15) is 24.0 Å². The van der Waals surface area contributed by atoms with Crippen molar-refractivity contribution in [2.75, 3.05) is 11.9 Å². The Labute approximate surface area is 138 Å². The Morgan fingerprint density at radius 1 is 1.22 bits per heavy atom. The predicted octanol–water partition coefficient (Wildman–Crippen LogP) is 4.80. The van der Waals surface area contributed by atoms with Gasteiger partial charge in [0.25, 0.3) is 0 Å². The van der Waals surface area contributed by atoms with Gasteiger partial charge in [-0.15, -0.1) is 11.3 Å². The number of aryl methyl sites for hydroxylation is 1. The average Bonchev–Trinajstić information content (AvgIpc) is 3.04. The first kappa shape index (κ1) is 14.5. The summed E-state index contributed by atoms with van der Waals surface area (Å²) >= 11 is 1.73. The topological polar surface area (TPSA) is 29.9 Å². The van der Waals surface area contributed by atoms with E-state index in [0.717, 1.165) is 43.0 Å². The highest BCUT2D eigenvalue weighted by molar-refractivity contribution is 7.13. The van der Waals surface area contributed by atoms with Crippen LogP contribution in [0.5, 0.6) is 0 Å². The Hall–Kier alpha value is -2.14. The quantitative estimate of drug-likeness (QED) is 0.733. The second-order valence-electron chi connectivity index (χ2n) is 5.94. The standard InChI is InChI=1S/C18H18FN3S/c1-12-10-16(23-11-12)17-15-4-2-3-9-20-18(15)22(21-17)14-7-5-13(19)6-8-14/h5-8,10-11,20H,2-4,9H2,1H3. The first-order valence-corrected chi connectivity index (χ1v) is 8.77. The van der Waals surface area contributed by atoms with Gasteiger partial charge < -0.3 is 5.32 Å². The molecule has 118 valence electrons. The van der Waals surface area contributed by atoms with Gasteiger partial charge in [0.15, 0.2) is 0 Å². The molecule has 0 unspecified atom stereocenters. The number of nitrogens with one attached hydrogen (secondary N) is 1. The maximum atomic E-state index is 13.2. The molecule has 3 heterocycles. The molecule has 0 bridgehead atoms. The molecule has 0 aliphatic carbocycles. The van der Waals surface area contributed by atoms with E-state index in [0.29, 0.717) is 0 Å². The second kappa shape index (κ2) is 5.81. The normalized spacial score (nSPS) is 14.2. The summed E-state index contributed by atoms with van der Waals surface area (Å²) < 4.78 is 15.2. The van der Waals surface area contributed by atoms with E-state index in [1.807, 2.05) is 4.68 Å². The van der Waals surface area contributed by atoms with Crippen molar-refractivity contribution in [2.24, 2.45) is 0 Å². The molecule has 1 aromatic carbocycles. The summed E-state index contributed by atoms with van der Waals surface area (Å²) in [4.78, 5) is 1.20. The molecule has 23 heavy (non-hydrogen) atoms. The minimum atomic E-state index is -0.228. The van der Waals surface area contributed by atoms with Crippen LogP contribution in [-0.2, 0) is 6.42 Å². The lowest BCUT2D eigenvalue weighted by Gasteiger charge is -2.09. The van der Waals surface area contributed by atoms with Crippen LogP contribution in [0.25, 0.3) is 16.3 Å². The van der Waals surface area contributed by atoms with Crippen LogP contribution in [0.4, 0.5) is 10.2 Å². The number of benzene rings is 1. The molecule has 3 aromatic rings. The molecule has 0 saturated carbocycles. The minimum Gasteiger partial charge on any atom is -0.370 e. The number of hydrogen-bond acceptors (Lipinski definition) is 3. The van der Waals surface area contributed by atoms with Crippen molar-refractivity contribution >= 4 is 17.2 Å². The SMILES string of the molecule is Cc1csc(-c2nn(-c3ccc(F)cc3)c3c2CCCCN3)c1. The number of rotatable bonds is 2. The number of halogens is 1. The molecule has 0 spiro atoms. The second-order valence-corrected chi connectivity index (χ2v) is 6.85. The lowest BCUT2D eigenvalue weighted by atomic mass is 10.1. The van der Waals surface area contributed by atoms with E-state index >= 15 is 0 Å². The molecule has 0 atom stereocenters. The first-order chi connectivity index (χ1) is 11.2. The summed E-state index contributed by atoms with van der Waals surface area (Å²) in [6.45, 7) is 3.05. The molecular weight excluding hydrogens is 309 g/mol. The molecule has 1 N–H and O–H groups in total. The number of fused-ring (bicyclic) bond motifs is 1. The monoisotopic (exact) mass is 327 g/mol. The van der Waals surface area contributed by atoms with Crippen molar-refractivity contribution in [2.45, 2.75) is 26.2 Å². The summed E-state index contributed by atoms with van der Waals surface area (Å²) in [6, 6.07) is 8.70. The van der Waals surface area contributed by atoms with Gasteiger partial charge in [-0.05, 0) is 67.5 Å². The Kier molecular flexibility index (Phi) is 3.65. The van der Waals surface area contributed by atoms with Gasteiger partial charge in [-0.3, -0.25) is 0 Å². The number of hydrogen-bond donors (Lipinski definition) is 1. The Morgan fingerprint density at radius 3 is 2.78 bits per heavy atom. The zero-order chi connectivity index (χ0) is 15.8. The van der Waals surface area contributed by atoms with E-state index in [2.05, 4.69) is 23.7 Å². The number of aromatic nitrogens is 2. The van der Waals surface area contributed by atoms with Crippen molar-refractivity contribution in [3.8, 4) is 16.3 Å². The first-order valence-electron chi connectivity index (χ1n) is 7.89. The maximum Gasteiger partial charge on any atom is 0.133 e. The van der Waals surface area contributed by atoms with Crippen molar-refractivity contribution in [3.05, 3.63) is 52.7 Å². The van der Waals surface area contributed by atoms with Crippen LogP contribution in [0.2, 0.25) is 0 Å². The molecule has 0 fully saturated rings. The van der Waals surface area contributed by atoms with Crippen molar-refractivity contribution in [3.63, 3.8) is 0 Å². The van der Waals surface area contributed by atoms with E-state index in [-0.39, 0.29) is 5.82 Å². The van der Waals surface area contributed by atoms with Crippen LogP contribution < -0.4 is 5.32 Å². The third-order valence-electron chi connectivity index (χ3n) is 4.16. The van der Waals surface area contributed by atoms with Crippen LogP contribution >= 0.6 is 11.3 Å². The molecule has 5 heteroatoms. The van der Waals surface area contributed by atoms with E-state index in [1.165, 1.54) is 28.1 Å². The molecule has 1 aliphatic heterocycles. The zero-order valence-electron chi connectivity index (χ0n) is 13.0. The Bertz CT molecular complexity index is 833. The van der Waals surface area contributed by atoms with Gasteiger partial charge in [0, 0.05) is 12.1 Å².